The van der Waals surface area contributed by atoms with E-state index in [1.807, 2.05) is 18.5 Å². The SMILES string of the molecule is CCn1nc(C)c(CNC(=O)NC[C@H]2CCCO2)c1C. The van der Waals surface area contributed by atoms with Gasteiger partial charge in [-0.05, 0) is 33.6 Å². The molecule has 6 heteroatoms. The van der Waals surface area contributed by atoms with Crippen molar-refractivity contribution in [3.8, 4) is 0 Å². The number of rotatable bonds is 5. The number of urea groups is 1. The summed E-state index contributed by atoms with van der Waals surface area (Å²) in [6.45, 7) is 8.81. The Bertz CT molecular complexity index is 464. The second-order valence-corrected chi connectivity index (χ2v) is 5.16. The Balaban J connectivity index is 1.79. The number of amides is 2. The Labute approximate surface area is 119 Å². The molecule has 1 aliphatic heterocycles. The first-order valence-electron chi connectivity index (χ1n) is 7.28. The molecule has 0 unspecified atom stereocenters. The fourth-order valence-corrected chi connectivity index (χ4v) is 2.54. The zero-order valence-electron chi connectivity index (χ0n) is 12.5. The van der Waals surface area contributed by atoms with Gasteiger partial charge in [-0.3, -0.25) is 4.68 Å². The maximum absolute atomic E-state index is 11.8. The van der Waals surface area contributed by atoms with Crippen LogP contribution in [0.25, 0.3) is 0 Å². The monoisotopic (exact) mass is 280 g/mol. The van der Waals surface area contributed by atoms with Crippen LogP contribution in [0.3, 0.4) is 0 Å². The number of nitrogens with zero attached hydrogens (tertiary/aromatic N) is 2. The zero-order chi connectivity index (χ0) is 14.5. The Morgan fingerprint density at radius 1 is 1.45 bits per heavy atom. The molecule has 1 aromatic heterocycles. The highest BCUT2D eigenvalue weighted by Crippen LogP contribution is 2.12. The second kappa shape index (κ2) is 6.74. The average Bonchev–Trinajstić information content (AvgIpc) is 3.03. The molecule has 2 N–H and O–H groups in total. The molecule has 1 aliphatic rings. The van der Waals surface area contributed by atoms with Crippen molar-refractivity contribution in [2.24, 2.45) is 0 Å². The van der Waals surface area contributed by atoms with Crippen LogP contribution >= 0.6 is 0 Å². The largest absolute Gasteiger partial charge is 0.376 e. The van der Waals surface area contributed by atoms with Crippen LogP contribution in [0.2, 0.25) is 0 Å². The van der Waals surface area contributed by atoms with Gasteiger partial charge in [0.1, 0.15) is 0 Å². The molecule has 2 amide bonds. The summed E-state index contributed by atoms with van der Waals surface area (Å²) in [5, 5.41) is 10.2. The zero-order valence-corrected chi connectivity index (χ0v) is 12.5. The lowest BCUT2D eigenvalue weighted by molar-refractivity contribution is 0.111. The van der Waals surface area contributed by atoms with Crippen molar-refractivity contribution >= 4 is 6.03 Å². The average molecular weight is 280 g/mol. The Morgan fingerprint density at radius 3 is 2.85 bits per heavy atom. The predicted octanol–water partition coefficient (Wildman–Crippen LogP) is 1.50. The van der Waals surface area contributed by atoms with E-state index in [4.69, 9.17) is 4.74 Å². The summed E-state index contributed by atoms with van der Waals surface area (Å²) in [6, 6.07) is -0.149. The van der Waals surface area contributed by atoms with Gasteiger partial charge >= 0.3 is 6.03 Å². The summed E-state index contributed by atoms with van der Waals surface area (Å²) in [5.74, 6) is 0. The summed E-state index contributed by atoms with van der Waals surface area (Å²) >= 11 is 0. The Hall–Kier alpha value is -1.56. The molecule has 1 fully saturated rings. The highest BCUT2D eigenvalue weighted by atomic mass is 16.5. The van der Waals surface area contributed by atoms with Crippen LogP contribution in [-0.2, 0) is 17.8 Å². The number of hydrogen-bond acceptors (Lipinski definition) is 3. The molecule has 0 spiro atoms. The van der Waals surface area contributed by atoms with Crippen LogP contribution in [0.5, 0.6) is 0 Å². The second-order valence-electron chi connectivity index (χ2n) is 5.16. The van der Waals surface area contributed by atoms with Gasteiger partial charge in [0, 0.05) is 37.5 Å². The van der Waals surface area contributed by atoms with E-state index in [0.717, 1.165) is 42.9 Å². The molecule has 0 saturated carbocycles. The topological polar surface area (TPSA) is 68.2 Å². The molecule has 2 rings (SSSR count). The minimum atomic E-state index is -0.149. The van der Waals surface area contributed by atoms with Gasteiger partial charge in [0.25, 0.3) is 0 Å². The lowest BCUT2D eigenvalue weighted by Gasteiger charge is -2.12. The van der Waals surface area contributed by atoms with Crippen molar-refractivity contribution in [1.82, 2.24) is 20.4 Å². The third kappa shape index (κ3) is 3.50. The van der Waals surface area contributed by atoms with Crippen LogP contribution in [-0.4, -0.2) is 35.1 Å². The number of aromatic nitrogens is 2. The molecule has 2 heterocycles. The van der Waals surface area contributed by atoms with E-state index in [1.54, 1.807) is 0 Å². The van der Waals surface area contributed by atoms with Gasteiger partial charge in [-0.1, -0.05) is 0 Å². The molecule has 0 bridgehead atoms. The molecule has 0 aliphatic carbocycles. The molecular formula is C14H24N4O2. The molecular weight excluding hydrogens is 256 g/mol. The van der Waals surface area contributed by atoms with E-state index < -0.39 is 0 Å². The number of nitrogens with one attached hydrogen (secondary N) is 2. The fraction of sp³-hybridized carbons (Fsp3) is 0.714. The Morgan fingerprint density at radius 2 is 2.25 bits per heavy atom. The van der Waals surface area contributed by atoms with Gasteiger partial charge in [-0.15, -0.1) is 0 Å². The third-order valence-corrected chi connectivity index (χ3v) is 3.77. The van der Waals surface area contributed by atoms with E-state index in [1.165, 1.54) is 0 Å². The maximum Gasteiger partial charge on any atom is 0.315 e. The van der Waals surface area contributed by atoms with Crippen LogP contribution in [0.4, 0.5) is 4.79 Å². The molecule has 1 aromatic rings. The summed E-state index contributed by atoms with van der Waals surface area (Å²) in [7, 11) is 0. The fourth-order valence-electron chi connectivity index (χ4n) is 2.54. The highest BCUT2D eigenvalue weighted by Gasteiger charge is 2.16. The number of aryl methyl sites for hydroxylation is 2. The lowest BCUT2D eigenvalue weighted by Crippen LogP contribution is -2.39. The normalized spacial score (nSPS) is 18.2. The van der Waals surface area contributed by atoms with Gasteiger partial charge in [0.2, 0.25) is 0 Å². The number of carbonyl (C=O) groups excluding carboxylic acids is 1. The van der Waals surface area contributed by atoms with Gasteiger partial charge < -0.3 is 15.4 Å². The maximum atomic E-state index is 11.8. The van der Waals surface area contributed by atoms with E-state index in [-0.39, 0.29) is 12.1 Å². The predicted molar refractivity (Wildman–Crippen MR) is 76.6 cm³/mol. The molecule has 0 aromatic carbocycles. The van der Waals surface area contributed by atoms with Crippen LogP contribution in [0.1, 0.15) is 36.7 Å². The quantitative estimate of drug-likeness (QED) is 0.859. The van der Waals surface area contributed by atoms with Gasteiger partial charge in [-0.25, -0.2) is 4.79 Å². The first-order valence-corrected chi connectivity index (χ1v) is 7.28. The molecule has 6 nitrogen and oxygen atoms in total. The summed E-state index contributed by atoms with van der Waals surface area (Å²) in [6.07, 6.45) is 2.29. The number of hydrogen-bond donors (Lipinski definition) is 2. The van der Waals surface area contributed by atoms with E-state index in [9.17, 15) is 4.79 Å². The molecule has 112 valence electrons. The number of ether oxygens (including phenoxy) is 1. The van der Waals surface area contributed by atoms with Crippen LogP contribution < -0.4 is 10.6 Å². The minimum absolute atomic E-state index is 0.149. The van der Waals surface area contributed by atoms with Gasteiger partial charge in [0.15, 0.2) is 0 Å². The first kappa shape index (κ1) is 14.8. The van der Waals surface area contributed by atoms with Crippen LogP contribution in [0.15, 0.2) is 0 Å². The van der Waals surface area contributed by atoms with E-state index in [0.29, 0.717) is 13.1 Å². The van der Waals surface area contributed by atoms with Crippen molar-refractivity contribution in [2.45, 2.75) is 52.8 Å². The first-order chi connectivity index (χ1) is 9.61. The van der Waals surface area contributed by atoms with Crippen LogP contribution in [0, 0.1) is 13.8 Å². The highest BCUT2D eigenvalue weighted by molar-refractivity contribution is 5.73. The van der Waals surface area contributed by atoms with Crippen molar-refractivity contribution in [2.75, 3.05) is 13.2 Å². The smallest absolute Gasteiger partial charge is 0.315 e. The molecule has 20 heavy (non-hydrogen) atoms. The van der Waals surface area contributed by atoms with Gasteiger partial charge in [-0.2, -0.15) is 5.10 Å². The summed E-state index contributed by atoms with van der Waals surface area (Å²) < 4.78 is 7.42. The third-order valence-electron chi connectivity index (χ3n) is 3.77. The van der Waals surface area contributed by atoms with E-state index in [2.05, 4.69) is 22.7 Å². The number of carbonyl (C=O) groups is 1. The summed E-state index contributed by atoms with van der Waals surface area (Å²) in [4.78, 5) is 11.8. The molecule has 1 atom stereocenters. The van der Waals surface area contributed by atoms with Gasteiger partial charge in [0.05, 0.1) is 11.8 Å². The Kier molecular flexibility index (Phi) is 5.00. The van der Waals surface area contributed by atoms with Crippen molar-refractivity contribution in [1.29, 1.82) is 0 Å². The molecule has 1 saturated heterocycles. The minimum Gasteiger partial charge on any atom is -0.376 e. The van der Waals surface area contributed by atoms with Crippen molar-refractivity contribution < 1.29 is 9.53 Å². The summed E-state index contributed by atoms with van der Waals surface area (Å²) in [5.41, 5.74) is 3.19. The lowest BCUT2D eigenvalue weighted by atomic mass is 10.2. The van der Waals surface area contributed by atoms with E-state index >= 15 is 0 Å². The van der Waals surface area contributed by atoms with Crippen molar-refractivity contribution in [3.63, 3.8) is 0 Å². The van der Waals surface area contributed by atoms with Crippen molar-refractivity contribution in [3.05, 3.63) is 17.0 Å². The molecule has 0 radical (unpaired) electrons. The standard InChI is InChI=1S/C14H24N4O2/c1-4-18-11(3)13(10(2)17-18)9-16-14(19)15-8-12-6-5-7-20-12/h12H,4-9H2,1-3H3,(H2,15,16,19)/t12-/m1/s1.